The first kappa shape index (κ1) is 37.8. The molecule has 308 valence electrons. The minimum absolute atomic E-state index is 0.419. The van der Waals surface area contributed by atoms with Gasteiger partial charge < -0.3 is 4.90 Å². The lowest BCUT2D eigenvalue weighted by atomic mass is 9.48. The molecule has 0 spiro atoms. The number of anilines is 3. The van der Waals surface area contributed by atoms with E-state index in [0.29, 0.717) is 5.41 Å². The number of nitrogens with zero attached hydrogens (tertiary/aromatic N) is 1. The molecule has 4 bridgehead atoms. The summed E-state index contributed by atoms with van der Waals surface area (Å²) in [5.74, 6) is 2.86. The summed E-state index contributed by atoms with van der Waals surface area (Å²) in [5, 5.41) is 5.18. The van der Waals surface area contributed by atoms with E-state index in [2.05, 4.69) is 211 Å². The molecule has 2 heteroatoms. The van der Waals surface area contributed by atoms with Gasteiger partial charge in [0, 0.05) is 37.2 Å². The van der Waals surface area contributed by atoms with Crippen LogP contribution in [0.3, 0.4) is 0 Å². The average Bonchev–Trinajstić information content (AvgIpc) is 3.73. The van der Waals surface area contributed by atoms with Crippen molar-refractivity contribution < 1.29 is 0 Å². The molecule has 0 amide bonds. The highest BCUT2D eigenvalue weighted by Crippen LogP contribution is 2.61. The van der Waals surface area contributed by atoms with Gasteiger partial charge in [0.05, 0.1) is 0 Å². The van der Waals surface area contributed by atoms with Crippen LogP contribution in [-0.4, -0.2) is 0 Å². The largest absolute Gasteiger partial charge is 0.310 e. The third-order valence-electron chi connectivity index (χ3n) is 15.2. The third kappa shape index (κ3) is 6.41. The van der Waals surface area contributed by atoms with E-state index in [0.717, 1.165) is 34.8 Å². The fourth-order valence-electron chi connectivity index (χ4n) is 12.7. The number of fused-ring (bicyclic) bond motifs is 4. The molecule has 4 saturated carbocycles. The molecule has 0 atom stereocenters. The lowest BCUT2D eigenvalue weighted by Gasteiger charge is -2.57. The summed E-state index contributed by atoms with van der Waals surface area (Å²) in [6.07, 6.45) is 8.66. The van der Waals surface area contributed by atoms with Crippen molar-refractivity contribution in [1.29, 1.82) is 0 Å². The molecule has 0 unspecified atom stereocenters. The van der Waals surface area contributed by atoms with E-state index in [-0.39, 0.29) is 0 Å². The molecule has 0 aliphatic heterocycles. The van der Waals surface area contributed by atoms with Crippen LogP contribution in [0.1, 0.15) is 44.1 Å². The molecule has 9 aromatic carbocycles. The van der Waals surface area contributed by atoms with Gasteiger partial charge in [-0.2, -0.15) is 0 Å². The molecule has 1 heterocycles. The van der Waals surface area contributed by atoms with Crippen LogP contribution in [0, 0.1) is 17.8 Å². The highest BCUT2D eigenvalue weighted by atomic mass is 32.1. The van der Waals surface area contributed by atoms with Crippen LogP contribution in [0.15, 0.2) is 206 Å². The standard InChI is InChI=1S/C62H49NS/c1-2-10-46(11-3-1)54-17-7-12-48-13-8-18-55(60(48)54)47-26-32-52(33-27-47)63(53-15-6-14-49(37-53)56-19-9-20-58-57-16-4-5-21-59(57)64-61(56)58)51-30-24-45(25-31-51)44-22-28-50(29-23-44)62-38-41-34-42(39-62)36-43(35-41)40-62/h1-33,37,41-43H,34-36,38-40H2. The lowest BCUT2D eigenvalue weighted by Crippen LogP contribution is -2.48. The van der Waals surface area contributed by atoms with Crippen LogP contribution in [0.4, 0.5) is 17.1 Å². The van der Waals surface area contributed by atoms with E-state index in [1.54, 1.807) is 5.56 Å². The van der Waals surface area contributed by atoms with Gasteiger partial charge in [-0.15, -0.1) is 11.3 Å². The second-order valence-electron chi connectivity index (χ2n) is 19.1. The second kappa shape index (κ2) is 15.2. The van der Waals surface area contributed by atoms with Gasteiger partial charge in [0.25, 0.3) is 0 Å². The summed E-state index contributed by atoms with van der Waals surface area (Å²) in [6, 6.07) is 77.0. The topological polar surface area (TPSA) is 3.24 Å². The Morgan fingerprint density at radius 3 is 1.58 bits per heavy atom. The molecule has 4 fully saturated rings. The SMILES string of the molecule is c1ccc(-c2cccc3cccc(-c4ccc(N(c5ccc(-c6ccc(C78CC9CC(CC(C9)C7)C8)cc6)cc5)c5cccc(-c6cccc7c6sc6ccccc67)c5)cc4)c23)cc1. The molecule has 0 saturated heterocycles. The summed E-state index contributed by atoms with van der Waals surface area (Å²) in [4.78, 5) is 2.43. The van der Waals surface area contributed by atoms with Crippen molar-refractivity contribution in [3.05, 3.63) is 212 Å². The van der Waals surface area contributed by atoms with Crippen LogP contribution in [0.2, 0.25) is 0 Å². The number of benzene rings is 9. The first-order valence-corrected chi connectivity index (χ1v) is 24.1. The maximum Gasteiger partial charge on any atom is 0.0467 e. The van der Waals surface area contributed by atoms with E-state index in [1.165, 1.54) is 114 Å². The minimum atomic E-state index is 0.419. The van der Waals surface area contributed by atoms with Gasteiger partial charge in [0.15, 0.2) is 0 Å². The predicted octanol–water partition coefficient (Wildman–Crippen LogP) is 17.8. The molecule has 4 aliphatic carbocycles. The van der Waals surface area contributed by atoms with E-state index >= 15 is 0 Å². The molecule has 0 N–H and O–H groups in total. The zero-order valence-electron chi connectivity index (χ0n) is 36.0. The van der Waals surface area contributed by atoms with Crippen molar-refractivity contribution in [1.82, 2.24) is 0 Å². The van der Waals surface area contributed by atoms with Gasteiger partial charge >= 0.3 is 0 Å². The molecule has 4 aliphatic rings. The molecular weight excluding hydrogens is 791 g/mol. The smallest absolute Gasteiger partial charge is 0.0467 e. The quantitative estimate of drug-likeness (QED) is 0.147. The summed E-state index contributed by atoms with van der Waals surface area (Å²) < 4.78 is 2.66. The van der Waals surface area contributed by atoms with Crippen LogP contribution < -0.4 is 4.90 Å². The Morgan fingerprint density at radius 1 is 0.391 bits per heavy atom. The van der Waals surface area contributed by atoms with Crippen LogP contribution in [0.25, 0.3) is 75.5 Å². The first-order valence-electron chi connectivity index (χ1n) is 23.3. The molecule has 64 heavy (non-hydrogen) atoms. The molecule has 1 nitrogen and oxygen atoms in total. The molecular formula is C62H49NS. The zero-order valence-corrected chi connectivity index (χ0v) is 36.8. The van der Waals surface area contributed by atoms with Crippen molar-refractivity contribution in [2.24, 2.45) is 17.8 Å². The van der Waals surface area contributed by atoms with Crippen LogP contribution in [0.5, 0.6) is 0 Å². The van der Waals surface area contributed by atoms with Crippen molar-refractivity contribution in [3.63, 3.8) is 0 Å². The Hall–Kier alpha value is -6.74. The number of hydrogen-bond donors (Lipinski definition) is 0. The van der Waals surface area contributed by atoms with Gasteiger partial charge in [-0.3, -0.25) is 0 Å². The van der Waals surface area contributed by atoms with Gasteiger partial charge in [0.1, 0.15) is 0 Å². The Balaban J connectivity index is 0.887. The van der Waals surface area contributed by atoms with E-state index in [1.807, 2.05) is 11.3 Å². The van der Waals surface area contributed by atoms with Crippen molar-refractivity contribution in [2.45, 2.75) is 43.9 Å². The van der Waals surface area contributed by atoms with Crippen LogP contribution >= 0.6 is 11.3 Å². The average molecular weight is 840 g/mol. The number of rotatable bonds is 8. The van der Waals surface area contributed by atoms with E-state index in [4.69, 9.17) is 0 Å². The summed E-state index contributed by atoms with van der Waals surface area (Å²) in [7, 11) is 0. The van der Waals surface area contributed by atoms with Gasteiger partial charge in [-0.05, 0) is 165 Å². The number of thiophene rings is 1. The predicted molar refractivity (Wildman–Crippen MR) is 273 cm³/mol. The zero-order chi connectivity index (χ0) is 42.2. The highest BCUT2D eigenvalue weighted by molar-refractivity contribution is 7.26. The Bertz CT molecular complexity index is 3300. The van der Waals surface area contributed by atoms with Crippen molar-refractivity contribution in [3.8, 4) is 44.5 Å². The Kier molecular flexibility index (Phi) is 8.98. The van der Waals surface area contributed by atoms with E-state index in [9.17, 15) is 0 Å². The second-order valence-corrected chi connectivity index (χ2v) is 20.2. The Labute approximate surface area is 380 Å². The highest BCUT2D eigenvalue weighted by Gasteiger charge is 2.51. The van der Waals surface area contributed by atoms with E-state index < -0.39 is 0 Å². The normalized spacial score (nSPS) is 20.0. The molecule has 0 radical (unpaired) electrons. The fraction of sp³-hybridized carbons (Fsp3) is 0.161. The summed E-state index contributed by atoms with van der Waals surface area (Å²) in [5.41, 5.74) is 15.4. The maximum absolute atomic E-state index is 2.48. The van der Waals surface area contributed by atoms with Crippen molar-refractivity contribution >= 4 is 59.3 Å². The molecule has 14 rings (SSSR count). The van der Waals surface area contributed by atoms with Crippen molar-refractivity contribution in [2.75, 3.05) is 4.90 Å². The van der Waals surface area contributed by atoms with Gasteiger partial charge in [0.2, 0.25) is 0 Å². The minimum Gasteiger partial charge on any atom is -0.310 e. The van der Waals surface area contributed by atoms with Crippen LogP contribution in [-0.2, 0) is 5.41 Å². The summed E-state index contributed by atoms with van der Waals surface area (Å²) >= 11 is 1.89. The molecule has 10 aromatic rings. The fourth-order valence-corrected chi connectivity index (χ4v) is 14.0. The number of hydrogen-bond acceptors (Lipinski definition) is 2. The van der Waals surface area contributed by atoms with Gasteiger partial charge in [-0.25, -0.2) is 0 Å². The molecule has 1 aromatic heterocycles. The maximum atomic E-state index is 2.48. The first-order chi connectivity index (χ1) is 31.6. The lowest BCUT2D eigenvalue weighted by molar-refractivity contribution is -0.00518. The van der Waals surface area contributed by atoms with Gasteiger partial charge in [-0.1, -0.05) is 164 Å². The third-order valence-corrected chi connectivity index (χ3v) is 16.5. The monoisotopic (exact) mass is 839 g/mol. The Morgan fingerprint density at radius 2 is 0.906 bits per heavy atom. The summed E-state index contributed by atoms with van der Waals surface area (Å²) in [6.45, 7) is 0.